The molecule has 1 saturated heterocycles. The van der Waals surface area contributed by atoms with Gasteiger partial charge in [-0.2, -0.15) is 0 Å². The second-order valence-corrected chi connectivity index (χ2v) is 12.1. The Labute approximate surface area is 256 Å². The van der Waals surface area contributed by atoms with Gasteiger partial charge in [-0.3, -0.25) is 24.1 Å². The normalized spacial score (nSPS) is 24.7. The van der Waals surface area contributed by atoms with Gasteiger partial charge in [-0.15, -0.1) is 0 Å². The van der Waals surface area contributed by atoms with Crippen molar-refractivity contribution in [2.24, 2.45) is 17.8 Å². The highest BCUT2D eigenvalue weighted by Crippen LogP contribution is 2.56. The van der Waals surface area contributed by atoms with Gasteiger partial charge in [0.1, 0.15) is 18.1 Å². The topological polar surface area (TPSA) is 101 Å². The lowest BCUT2D eigenvalue weighted by atomic mass is 9.59. The van der Waals surface area contributed by atoms with E-state index in [1.165, 1.54) is 17.0 Å². The van der Waals surface area contributed by atoms with E-state index in [4.69, 9.17) is 4.74 Å². The minimum atomic E-state index is -0.750. The molecule has 0 saturated carbocycles. The van der Waals surface area contributed by atoms with E-state index in [1.54, 1.807) is 36.4 Å². The minimum absolute atomic E-state index is 0.0836. The fourth-order valence-corrected chi connectivity index (χ4v) is 7.44. The molecule has 43 heavy (non-hydrogen) atoms. The van der Waals surface area contributed by atoms with Gasteiger partial charge < -0.3 is 9.84 Å². The standard InChI is InChI=1S/C35H26BrNO6/c36-27-17-29(39)32-26(33(27)40)16-25-22(13-14-24-31(25)35(42)37(34(24)41)20-9-5-2-6-10-20)30(32)23-12-11-21(15-28(23)38)43-18-19-7-3-1-4-8-19/h1-13,15,17,24-25,30-31,38H,14,16,18H2. The third kappa shape index (κ3) is 4.48. The van der Waals surface area contributed by atoms with Crippen LogP contribution in [0, 0.1) is 17.8 Å². The number of phenols is 1. The zero-order valence-electron chi connectivity index (χ0n) is 22.9. The average Bonchev–Trinajstić information content (AvgIpc) is 3.28. The summed E-state index contributed by atoms with van der Waals surface area (Å²) in [4.78, 5) is 55.7. The Morgan fingerprint density at radius 1 is 0.884 bits per heavy atom. The Balaban J connectivity index is 1.29. The lowest BCUT2D eigenvalue weighted by Gasteiger charge is -2.42. The van der Waals surface area contributed by atoms with Crippen molar-refractivity contribution in [1.82, 2.24) is 0 Å². The number of Topliss-reactive ketones (excluding diaryl/α,β-unsaturated/α-hetero) is 1. The van der Waals surface area contributed by atoms with Crippen molar-refractivity contribution < 1.29 is 29.0 Å². The number of para-hydroxylation sites is 1. The van der Waals surface area contributed by atoms with Crippen LogP contribution in [0.2, 0.25) is 0 Å². The molecule has 0 bridgehead atoms. The number of benzene rings is 3. The highest BCUT2D eigenvalue weighted by molar-refractivity contribution is 9.12. The summed E-state index contributed by atoms with van der Waals surface area (Å²) in [5, 5.41) is 11.3. The van der Waals surface area contributed by atoms with Crippen LogP contribution in [0.25, 0.3) is 0 Å². The number of nitrogens with zero attached hydrogens (tertiary/aromatic N) is 1. The number of ether oxygens (including phenoxy) is 1. The van der Waals surface area contributed by atoms with E-state index in [-0.39, 0.29) is 40.0 Å². The van der Waals surface area contributed by atoms with Crippen LogP contribution in [0.15, 0.2) is 112 Å². The number of allylic oxidation sites excluding steroid dienone is 6. The molecule has 4 atom stereocenters. The van der Waals surface area contributed by atoms with Gasteiger partial charge in [-0.1, -0.05) is 66.2 Å². The second kappa shape index (κ2) is 10.6. The zero-order chi connectivity index (χ0) is 29.8. The molecular weight excluding hydrogens is 610 g/mol. The van der Waals surface area contributed by atoms with Crippen LogP contribution >= 0.6 is 15.9 Å². The van der Waals surface area contributed by atoms with Gasteiger partial charge in [0.2, 0.25) is 11.8 Å². The first-order chi connectivity index (χ1) is 20.8. The first-order valence-electron chi connectivity index (χ1n) is 14.1. The molecule has 3 aromatic carbocycles. The van der Waals surface area contributed by atoms with E-state index in [1.807, 2.05) is 42.5 Å². The first-order valence-corrected chi connectivity index (χ1v) is 14.9. The number of carbonyl (C=O) groups excluding carboxylic acids is 4. The summed E-state index contributed by atoms with van der Waals surface area (Å²) >= 11 is 3.25. The lowest BCUT2D eigenvalue weighted by Crippen LogP contribution is -2.39. The van der Waals surface area contributed by atoms with Crippen LogP contribution in [-0.2, 0) is 25.8 Å². The first kappa shape index (κ1) is 27.3. The number of fused-ring (bicyclic) bond motifs is 3. The van der Waals surface area contributed by atoms with Crippen LogP contribution < -0.4 is 9.64 Å². The summed E-state index contributed by atoms with van der Waals surface area (Å²) in [6.45, 7) is 0.314. The minimum Gasteiger partial charge on any atom is -0.507 e. The molecule has 7 rings (SSSR count). The number of ketones is 2. The molecule has 0 radical (unpaired) electrons. The largest absolute Gasteiger partial charge is 0.507 e. The Morgan fingerprint density at radius 3 is 2.33 bits per heavy atom. The molecule has 3 aromatic rings. The van der Waals surface area contributed by atoms with Crippen molar-refractivity contribution in [2.75, 3.05) is 4.90 Å². The average molecular weight is 636 g/mol. The number of aromatic hydroxyl groups is 1. The Kier molecular flexibility index (Phi) is 6.73. The summed E-state index contributed by atoms with van der Waals surface area (Å²) < 4.78 is 6.06. The van der Waals surface area contributed by atoms with Crippen molar-refractivity contribution in [3.8, 4) is 11.5 Å². The number of imide groups is 1. The van der Waals surface area contributed by atoms with Gasteiger partial charge in [-0.05, 0) is 58.5 Å². The molecule has 1 aliphatic heterocycles. The van der Waals surface area contributed by atoms with Gasteiger partial charge in [0.05, 0.1) is 22.0 Å². The number of halogens is 1. The Bertz CT molecular complexity index is 1790. The van der Waals surface area contributed by atoms with E-state index >= 15 is 0 Å². The number of phenolic OH excluding ortho intramolecular Hbond substituents is 1. The van der Waals surface area contributed by atoms with E-state index in [9.17, 15) is 24.3 Å². The maximum Gasteiger partial charge on any atom is 0.238 e. The summed E-state index contributed by atoms with van der Waals surface area (Å²) in [5.41, 5.74) is 3.32. The van der Waals surface area contributed by atoms with Crippen LogP contribution in [0.5, 0.6) is 11.5 Å². The van der Waals surface area contributed by atoms with Gasteiger partial charge in [0, 0.05) is 34.8 Å². The highest BCUT2D eigenvalue weighted by Gasteiger charge is 2.56. The molecule has 4 aliphatic rings. The van der Waals surface area contributed by atoms with Crippen molar-refractivity contribution >= 4 is 45.0 Å². The third-order valence-corrected chi connectivity index (χ3v) is 9.50. The molecule has 0 aromatic heterocycles. The van der Waals surface area contributed by atoms with Crippen molar-refractivity contribution in [3.05, 3.63) is 123 Å². The third-order valence-electron chi connectivity index (χ3n) is 8.91. The molecule has 1 heterocycles. The number of anilines is 1. The number of rotatable bonds is 5. The van der Waals surface area contributed by atoms with Gasteiger partial charge >= 0.3 is 0 Å². The van der Waals surface area contributed by atoms with Crippen molar-refractivity contribution in [2.45, 2.75) is 25.4 Å². The van der Waals surface area contributed by atoms with E-state index in [2.05, 4.69) is 15.9 Å². The molecule has 0 spiro atoms. The monoisotopic (exact) mass is 635 g/mol. The van der Waals surface area contributed by atoms with Gasteiger partial charge in [-0.25, -0.2) is 0 Å². The maximum atomic E-state index is 13.9. The second-order valence-electron chi connectivity index (χ2n) is 11.2. The summed E-state index contributed by atoms with van der Waals surface area (Å²) in [6, 6.07) is 23.4. The molecule has 8 heteroatoms. The molecule has 3 aliphatic carbocycles. The molecule has 2 amide bonds. The van der Waals surface area contributed by atoms with E-state index < -0.39 is 23.7 Å². The smallest absolute Gasteiger partial charge is 0.238 e. The van der Waals surface area contributed by atoms with Gasteiger partial charge in [0.25, 0.3) is 0 Å². The zero-order valence-corrected chi connectivity index (χ0v) is 24.5. The van der Waals surface area contributed by atoms with Crippen molar-refractivity contribution in [3.63, 3.8) is 0 Å². The number of hydrogen-bond acceptors (Lipinski definition) is 6. The van der Waals surface area contributed by atoms with E-state index in [0.717, 1.165) is 11.1 Å². The predicted octanol–water partition coefficient (Wildman–Crippen LogP) is 5.94. The Morgan fingerprint density at radius 2 is 1.60 bits per heavy atom. The number of hydrogen-bond donors (Lipinski definition) is 1. The molecule has 214 valence electrons. The maximum absolute atomic E-state index is 13.9. The molecular formula is C35H26BrNO6. The number of amides is 2. The summed E-state index contributed by atoms with van der Waals surface area (Å²) in [5.74, 6) is -3.34. The Hall–Kier alpha value is -4.56. The molecule has 1 fully saturated rings. The summed E-state index contributed by atoms with van der Waals surface area (Å²) in [6.07, 6.45) is 3.69. The van der Waals surface area contributed by atoms with Crippen LogP contribution in [0.4, 0.5) is 5.69 Å². The predicted molar refractivity (Wildman–Crippen MR) is 162 cm³/mol. The van der Waals surface area contributed by atoms with Gasteiger partial charge in [0.15, 0.2) is 11.6 Å². The van der Waals surface area contributed by atoms with Crippen molar-refractivity contribution in [1.29, 1.82) is 0 Å². The molecule has 1 N–H and O–H groups in total. The summed E-state index contributed by atoms with van der Waals surface area (Å²) in [7, 11) is 0. The quantitative estimate of drug-likeness (QED) is 0.212. The molecule has 7 nitrogen and oxygen atoms in total. The SMILES string of the molecule is O=C1C=C(Br)C(=O)C2=C1C(c1ccc(OCc3ccccc3)cc1O)C1=CCC3C(=O)N(c4ccccc4)C(=O)C3C1C2. The highest BCUT2D eigenvalue weighted by atomic mass is 79.9. The lowest BCUT2D eigenvalue weighted by molar-refractivity contribution is -0.123. The van der Waals surface area contributed by atoms with Crippen LogP contribution in [0.1, 0.15) is 29.9 Å². The fourth-order valence-electron chi connectivity index (χ4n) is 6.99. The molecule has 4 unspecified atom stereocenters. The van der Waals surface area contributed by atoms with Crippen LogP contribution in [0.3, 0.4) is 0 Å². The fraction of sp³-hybridized carbons (Fsp3) is 0.200. The van der Waals surface area contributed by atoms with E-state index in [0.29, 0.717) is 41.2 Å². The van der Waals surface area contributed by atoms with Crippen LogP contribution in [-0.4, -0.2) is 28.5 Å². The number of carbonyl (C=O) groups is 4.